The van der Waals surface area contributed by atoms with Crippen LogP contribution in [0.15, 0.2) is 51.9 Å². The lowest BCUT2D eigenvalue weighted by molar-refractivity contribution is 0.102. The highest BCUT2D eigenvalue weighted by Crippen LogP contribution is 2.50. The van der Waals surface area contributed by atoms with E-state index in [0.29, 0.717) is 22.0 Å². The zero-order valence-electron chi connectivity index (χ0n) is 15.3. The van der Waals surface area contributed by atoms with Crippen LogP contribution in [-0.4, -0.2) is 16.8 Å². The number of rotatable bonds is 3. The Morgan fingerprint density at radius 3 is 2.82 bits per heavy atom. The third-order valence-electron chi connectivity index (χ3n) is 5.58. The first kappa shape index (κ1) is 19.5. The van der Waals surface area contributed by atoms with Gasteiger partial charge in [0.15, 0.2) is 5.17 Å². The van der Waals surface area contributed by atoms with E-state index >= 15 is 0 Å². The van der Waals surface area contributed by atoms with Crippen molar-refractivity contribution < 1.29 is 9.18 Å². The Balaban J connectivity index is 1.68. The summed E-state index contributed by atoms with van der Waals surface area (Å²) in [6.45, 7) is 0. The predicted octanol–water partition coefficient (Wildman–Crippen LogP) is 5.29. The monoisotopic (exact) mass is 461 g/mol. The first-order valence-electron chi connectivity index (χ1n) is 9.33. The molecule has 4 rings (SSSR count). The van der Waals surface area contributed by atoms with Gasteiger partial charge >= 0.3 is 0 Å². The Bertz CT molecular complexity index is 934. The molecule has 0 radical (unpaired) electrons. The van der Waals surface area contributed by atoms with Crippen molar-refractivity contribution in [2.75, 3.05) is 11.1 Å². The molecule has 1 amide bonds. The summed E-state index contributed by atoms with van der Waals surface area (Å²) in [6, 6.07) is 11.8. The summed E-state index contributed by atoms with van der Waals surface area (Å²) < 4.78 is 15.8. The fourth-order valence-electron chi connectivity index (χ4n) is 4.17. The van der Waals surface area contributed by atoms with E-state index in [-0.39, 0.29) is 17.6 Å². The second-order valence-electron chi connectivity index (χ2n) is 7.28. The molecular formula is C21H21BrFN3OS. The first-order valence-corrected chi connectivity index (χ1v) is 11.1. The van der Waals surface area contributed by atoms with Crippen LogP contribution < -0.4 is 11.1 Å². The van der Waals surface area contributed by atoms with Crippen molar-refractivity contribution in [1.82, 2.24) is 0 Å². The maximum atomic E-state index is 14.9. The van der Waals surface area contributed by atoms with E-state index in [0.717, 1.165) is 35.9 Å². The summed E-state index contributed by atoms with van der Waals surface area (Å²) in [5.41, 5.74) is 7.05. The van der Waals surface area contributed by atoms with Gasteiger partial charge in [-0.15, -0.1) is 0 Å². The Hall–Kier alpha value is -1.86. The molecule has 2 aliphatic rings. The van der Waals surface area contributed by atoms with Gasteiger partial charge in [-0.25, -0.2) is 4.39 Å². The van der Waals surface area contributed by atoms with Crippen molar-refractivity contribution >= 4 is 44.5 Å². The molecule has 2 aromatic rings. The molecule has 1 aliphatic carbocycles. The molecule has 146 valence electrons. The molecule has 1 fully saturated rings. The van der Waals surface area contributed by atoms with Crippen molar-refractivity contribution in [3.8, 4) is 0 Å². The summed E-state index contributed by atoms with van der Waals surface area (Å²) in [5, 5.41) is 3.40. The van der Waals surface area contributed by atoms with Crippen LogP contribution in [0.2, 0.25) is 0 Å². The summed E-state index contributed by atoms with van der Waals surface area (Å²) in [5.74, 6) is 0.581. The highest BCUT2D eigenvalue weighted by molar-refractivity contribution is 9.10. The first-order chi connectivity index (χ1) is 13.5. The van der Waals surface area contributed by atoms with Gasteiger partial charge in [0.05, 0.1) is 5.54 Å². The maximum Gasteiger partial charge on any atom is 0.255 e. The minimum atomic E-state index is -0.629. The van der Waals surface area contributed by atoms with Crippen molar-refractivity contribution in [2.24, 2.45) is 16.6 Å². The van der Waals surface area contributed by atoms with Crippen LogP contribution >= 0.6 is 27.7 Å². The van der Waals surface area contributed by atoms with Gasteiger partial charge in [0, 0.05) is 27.0 Å². The molecule has 2 atom stereocenters. The molecule has 0 saturated heterocycles. The van der Waals surface area contributed by atoms with Crippen molar-refractivity contribution in [1.29, 1.82) is 0 Å². The third kappa shape index (κ3) is 3.70. The smallest absolute Gasteiger partial charge is 0.255 e. The number of nitrogens with zero attached hydrogens (tertiary/aromatic N) is 1. The van der Waals surface area contributed by atoms with Gasteiger partial charge < -0.3 is 11.1 Å². The lowest BCUT2D eigenvalue weighted by atomic mass is 9.69. The number of aliphatic imine (C=N–C) groups is 1. The average Bonchev–Trinajstić information content (AvgIpc) is 2.69. The van der Waals surface area contributed by atoms with E-state index in [4.69, 9.17) is 10.7 Å². The molecule has 7 heteroatoms. The molecule has 4 nitrogen and oxygen atoms in total. The molecular weight excluding hydrogens is 441 g/mol. The van der Waals surface area contributed by atoms with Gasteiger partial charge in [-0.05, 0) is 61.2 Å². The zero-order valence-corrected chi connectivity index (χ0v) is 17.7. The van der Waals surface area contributed by atoms with E-state index in [1.807, 2.05) is 12.1 Å². The average molecular weight is 462 g/mol. The normalized spacial score (nSPS) is 24.2. The quantitative estimate of drug-likeness (QED) is 0.652. The lowest BCUT2D eigenvalue weighted by Crippen LogP contribution is -2.43. The number of amidine groups is 1. The van der Waals surface area contributed by atoms with Crippen LogP contribution in [0.25, 0.3) is 0 Å². The van der Waals surface area contributed by atoms with E-state index in [9.17, 15) is 9.18 Å². The number of benzene rings is 2. The summed E-state index contributed by atoms with van der Waals surface area (Å²) in [7, 11) is 0. The highest BCUT2D eigenvalue weighted by Gasteiger charge is 2.46. The molecule has 1 heterocycles. The Labute approximate surface area is 176 Å². The number of anilines is 1. The molecule has 1 aliphatic heterocycles. The zero-order chi connectivity index (χ0) is 19.7. The van der Waals surface area contributed by atoms with Crippen LogP contribution in [0.1, 0.15) is 41.6 Å². The molecule has 3 N–H and O–H groups in total. The van der Waals surface area contributed by atoms with Crippen LogP contribution in [0.3, 0.4) is 0 Å². The lowest BCUT2D eigenvalue weighted by Gasteiger charge is -2.44. The minimum absolute atomic E-state index is 0.232. The van der Waals surface area contributed by atoms with Crippen molar-refractivity contribution in [3.05, 3.63) is 63.9 Å². The van der Waals surface area contributed by atoms with Crippen molar-refractivity contribution in [2.45, 2.75) is 31.2 Å². The number of thioether (sulfide) groups is 1. The molecule has 28 heavy (non-hydrogen) atoms. The van der Waals surface area contributed by atoms with E-state index in [1.54, 1.807) is 36.0 Å². The van der Waals surface area contributed by atoms with Gasteiger partial charge in [0.1, 0.15) is 5.82 Å². The number of nitrogens with one attached hydrogen (secondary N) is 1. The topological polar surface area (TPSA) is 67.5 Å². The second-order valence-corrected chi connectivity index (χ2v) is 9.24. The van der Waals surface area contributed by atoms with E-state index in [1.165, 1.54) is 6.07 Å². The Morgan fingerprint density at radius 2 is 2.04 bits per heavy atom. The fraction of sp³-hybridized carbons (Fsp3) is 0.333. The number of fused-ring (bicyclic) bond motifs is 1. The summed E-state index contributed by atoms with van der Waals surface area (Å²) in [6.07, 6.45) is 3.91. The Morgan fingerprint density at radius 1 is 1.25 bits per heavy atom. The molecule has 0 aromatic heterocycles. The summed E-state index contributed by atoms with van der Waals surface area (Å²) in [4.78, 5) is 17.3. The van der Waals surface area contributed by atoms with Crippen LogP contribution in [0.5, 0.6) is 0 Å². The SMILES string of the molecule is NC1=N[C@@]2(c3cc(NC(=O)c4ccc(Br)cc4)ccc3F)CCCC[C@H]2CS1. The predicted molar refractivity (Wildman–Crippen MR) is 116 cm³/mol. The van der Waals surface area contributed by atoms with Gasteiger partial charge in [-0.1, -0.05) is 40.5 Å². The number of carbonyl (C=O) groups excluding carboxylic acids is 1. The standard InChI is InChI=1S/C21H21BrFN3OS/c22-15-6-4-13(5-7-15)19(27)25-16-8-9-18(23)17(11-16)21-10-2-1-3-14(21)12-28-20(24)26-21/h4-9,11,14H,1-3,10,12H2,(H2,24,26)(H,25,27)/t14-,21-/m0/s1. The van der Waals surface area contributed by atoms with Gasteiger partial charge in [-0.2, -0.15) is 0 Å². The summed E-state index contributed by atoms with van der Waals surface area (Å²) >= 11 is 4.91. The maximum absolute atomic E-state index is 14.9. The van der Waals surface area contributed by atoms with Gasteiger partial charge in [-0.3, -0.25) is 9.79 Å². The van der Waals surface area contributed by atoms with Crippen LogP contribution in [0.4, 0.5) is 10.1 Å². The van der Waals surface area contributed by atoms with Crippen LogP contribution in [-0.2, 0) is 5.54 Å². The minimum Gasteiger partial charge on any atom is -0.379 e. The van der Waals surface area contributed by atoms with Crippen LogP contribution in [0, 0.1) is 11.7 Å². The number of hydrogen-bond donors (Lipinski definition) is 2. The molecule has 2 aromatic carbocycles. The second kappa shape index (κ2) is 7.87. The number of carbonyl (C=O) groups is 1. The van der Waals surface area contributed by atoms with E-state index < -0.39 is 5.54 Å². The number of amides is 1. The molecule has 1 saturated carbocycles. The number of halogens is 2. The fourth-order valence-corrected chi connectivity index (χ4v) is 5.47. The highest BCUT2D eigenvalue weighted by atomic mass is 79.9. The Kier molecular flexibility index (Phi) is 5.47. The van der Waals surface area contributed by atoms with Gasteiger partial charge in [0.2, 0.25) is 0 Å². The van der Waals surface area contributed by atoms with Gasteiger partial charge in [0.25, 0.3) is 5.91 Å². The molecule has 0 bridgehead atoms. The van der Waals surface area contributed by atoms with Crippen molar-refractivity contribution in [3.63, 3.8) is 0 Å². The van der Waals surface area contributed by atoms with E-state index in [2.05, 4.69) is 21.2 Å². The number of nitrogens with two attached hydrogens (primary N) is 1. The molecule has 0 unspecified atom stereocenters. The molecule has 0 spiro atoms. The number of hydrogen-bond acceptors (Lipinski definition) is 4. The largest absolute Gasteiger partial charge is 0.379 e. The third-order valence-corrected chi connectivity index (χ3v) is 7.06.